The van der Waals surface area contributed by atoms with E-state index in [0.717, 1.165) is 32.3 Å². The smallest absolute Gasteiger partial charge is 0.409 e. The summed E-state index contributed by atoms with van der Waals surface area (Å²) in [7, 11) is 1.66. The summed E-state index contributed by atoms with van der Waals surface area (Å²) in [5, 5.41) is 4.04. The van der Waals surface area contributed by atoms with E-state index in [1.165, 1.54) is 0 Å². The summed E-state index contributed by atoms with van der Waals surface area (Å²) in [6, 6.07) is 17.3. The topological polar surface area (TPSA) is 71.1 Å². The molecule has 1 saturated heterocycles. The number of carbonyl (C=O) groups is 2. The third kappa shape index (κ3) is 5.55. The Kier molecular flexibility index (Phi) is 8.28. The molecule has 0 bridgehead atoms. The molecule has 1 aliphatic rings. The van der Waals surface area contributed by atoms with E-state index in [-0.39, 0.29) is 18.0 Å². The lowest BCUT2D eigenvalue weighted by molar-refractivity contribution is 0.0715. The van der Waals surface area contributed by atoms with Crippen molar-refractivity contribution in [2.45, 2.75) is 26.8 Å². The quantitative estimate of drug-likeness (QED) is 0.458. The van der Waals surface area contributed by atoms with Crippen LogP contribution in [0.1, 0.15) is 44.9 Å². The molecule has 1 unspecified atom stereocenters. The van der Waals surface area contributed by atoms with Crippen LogP contribution >= 0.6 is 11.3 Å². The molecule has 8 heteroatoms. The highest BCUT2D eigenvalue weighted by molar-refractivity contribution is 7.16. The molecule has 7 nitrogen and oxygen atoms in total. The highest BCUT2D eigenvalue weighted by Crippen LogP contribution is 2.43. The summed E-state index contributed by atoms with van der Waals surface area (Å²) >= 11 is 1.60. The molecule has 2 amide bonds. The van der Waals surface area contributed by atoms with Gasteiger partial charge in [-0.25, -0.2) is 4.79 Å². The molecular formula is C28H33N3O4S. The first kappa shape index (κ1) is 25.7. The zero-order valence-corrected chi connectivity index (χ0v) is 22.1. The van der Waals surface area contributed by atoms with Gasteiger partial charge in [-0.05, 0) is 56.2 Å². The van der Waals surface area contributed by atoms with Gasteiger partial charge in [-0.1, -0.05) is 30.3 Å². The first-order chi connectivity index (χ1) is 17.4. The van der Waals surface area contributed by atoms with E-state index in [0.29, 0.717) is 38.3 Å². The van der Waals surface area contributed by atoms with E-state index in [2.05, 4.69) is 36.2 Å². The van der Waals surface area contributed by atoms with Crippen molar-refractivity contribution >= 4 is 28.3 Å². The van der Waals surface area contributed by atoms with Crippen LogP contribution in [0, 0.1) is 13.8 Å². The van der Waals surface area contributed by atoms with Gasteiger partial charge in [0, 0.05) is 42.2 Å². The molecule has 1 aliphatic heterocycles. The lowest BCUT2D eigenvalue weighted by Gasteiger charge is -2.39. The molecule has 4 rings (SSSR count). The minimum atomic E-state index is -0.267. The van der Waals surface area contributed by atoms with Gasteiger partial charge in [0.05, 0.1) is 19.8 Å². The fourth-order valence-corrected chi connectivity index (χ4v) is 5.64. The number of thiophene rings is 1. The first-order valence-corrected chi connectivity index (χ1v) is 13.0. The summed E-state index contributed by atoms with van der Waals surface area (Å²) in [5.74, 6) is 0.666. The van der Waals surface area contributed by atoms with Crippen LogP contribution in [0.5, 0.6) is 5.75 Å². The van der Waals surface area contributed by atoms with Crippen molar-refractivity contribution < 1.29 is 19.1 Å². The normalized spacial score (nSPS) is 14.8. The number of rotatable bonds is 7. The fourth-order valence-electron chi connectivity index (χ4n) is 4.56. The number of ether oxygens (including phenoxy) is 2. The van der Waals surface area contributed by atoms with Crippen molar-refractivity contribution in [3.05, 3.63) is 81.7 Å². The van der Waals surface area contributed by atoms with Crippen LogP contribution in [0.2, 0.25) is 0 Å². The van der Waals surface area contributed by atoms with E-state index in [4.69, 9.17) is 9.47 Å². The highest BCUT2D eigenvalue weighted by atomic mass is 32.1. The van der Waals surface area contributed by atoms with Gasteiger partial charge < -0.3 is 19.7 Å². The van der Waals surface area contributed by atoms with Crippen LogP contribution in [0.15, 0.2) is 54.6 Å². The number of amides is 2. The van der Waals surface area contributed by atoms with Gasteiger partial charge in [-0.3, -0.25) is 9.69 Å². The molecular weight excluding hydrogens is 474 g/mol. The minimum Gasteiger partial charge on any atom is -0.497 e. The number of hydrogen-bond acceptors (Lipinski definition) is 6. The van der Waals surface area contributed by atoms with Crippen molar-refractivity contribution in [1.82, 2.24) is 9.80 Å². The SMILES string of the molecule is CCOC(=O)N1CCN(C(c2ccc(OC)cc2)c2c(NC(=O)c3ccccc3)sc(C)c2C)CC1. The molecule has 190 valence electrons. The van der Waals surface area contributed by atoms with Crippen LogP contribution in [0.4, 0.5) is 9.80 Å². The number of benzene rings is 2. The van der Waals surface area contributed by atoms with Gasteiger partial charge >= 0.3 is 6.09 Å². The molecule has 0 radical (unpaired) electrons. The lowest BCUT2D eigenvalue weighted by Crippen LogP contribution is -2.50. The number of methoxy groups -OCH3 is 1. The summed E-state index contributed by atoms with van der Waals surface area (Å²) in [6.45, 7) is 8.94. The number of anilines is 1. The maximum absolute atomic E-state index is 13.1. The molecule has 1 N–H and O–H groups in total. The monoisotopic (exact) mass is 507 g/mol. The minimum absolute atomic E-state index is 0.0868. The van der Waals surface area contributed by atoms with Gasteiger partial charge in [0.1, 0.15) is 10.8 Å². The maximum atomic E-state index is 13.1. The summed E-state index contributed by atoms with van der Waals surface area (Å²) in [4.78, 5) is 30.7. The Morgan fingerprint density at radius 1 is 1.00 bits per heavy atom. The Labute approximate surface area is 216 Å². The van der Waals surface area contributed by atoms with E-state index in [1.54, 1.807) is 23.3 Å². The zero-order chi connectivity index (χ0) is 25.7. The van der Waals surface area contributed by atoms with Gasteiger partial charge in [0.25, 0.3) is 5.91 Å². The number of carbonyl (C=O) groups excluding carboxylic acids is 2. The van der Waals surface area contributed by atoms with Crippen molar-refractivity contribution in [2.75, 3.05) is 45.2 Å². The van der Waals surface area contributed by atoms with Crippen LogP contribution < -0.4 is 10.1 Å². The van der Waals surface area contributed by atoms with Crippen LogP contribution in [-0.2, 0) is 4.74 Å². The second-order valence-electron chi connectivity index (χ2n) is 8.74. The van der Waals surface area contributed by atoms with Gasteiger partial charge in [0.15, 0.2) is 0 Å². The van der Waals surface area contributed by atoms with E-state index >= 15 is 0 Å². The maximum Gasteiger partial charge on any atom is 0.409 e. The predicted octanol–water partition coefficient (Wildman–Crippen LogP) is 5.49. The second-order valence-corrected chi connectivity index (χ2v) is 9.97. The number of nitrogens with zero attached hydrogens (tertiary/aromatic N) is 2. The third-order valence-electron chi connectivity index (χ3n) is 6.61. The van der Waals surface area contributed by atoms with E-state index in [9.17, 15) is 9.59 Å². The van der Waals surface area contributed by atoms with Gasteiger partial charge in [0.2, 0.25) is 0 Å². The molecule has 0 aliphatic carbocycles. The number of hydrogen-bond donors (Lipinski definition) is 1. The number of piperazine rings is 1. The Morgan fingerprint density at radius 2 is 1.67 bits per heavy atom. The third-order valence-corrected chi connectivity index (χ3v) is 7.74. The van der Waals surface area contributed by atoms with Crippen LogP contribution in [0.3, 0.4) is 0 Å². The van der Waals surface area contributed by atoms with Crippen molar-refractivity contribution in [3.63, 3.8) is 0 Å². The molecule has 1 atom stereocenters. The Bertz CT molecular complexity index is 1190. The molecule has 36 heavy (non-hydrogen) atoms. The van der Waals surface area contributed by atoms with Crippen molar-refractivity contribution in [2.24, 2.45) is 0 Å². The molecule has 0 spiro atoms. The van der Waals surface area contributed by atoms with Crippen LogP contribution in [0.25, 0.3) is 0 Å². The fraction of sp³-hybridized carbons (Fsp3) is 0.357. The average molecular weight is 508 g/mol. The molecule has 1 aromatic heterocycles. The van der Waals surface area contributed by atoms with Crippen molar-refractivity contribution in [3.8, 4) is 5.75 Å². The van der Waals surface area contributed by atoms with Crippen LogP contribution in [-0.4, -0.2) is 61.7 Å². The highest BCUT2D eigenvalue weighted by Gasteiger charge is 2.33. The summed E-state index contributed by atoms with van der Waals surface area (Å²) in [6.07, 6.45) is -0.267. The zero-order valence-electron chi connectivity index (χ0n) is 21.2. The number of aryl methyl sites for hydroxylation is 1. The van der Waals surface area contributed by atoms with E-state index < -0.39 is 0 Å². The molecule has 2 heterocycles. The predicted molar refractivity (Wildman–Crippen MR) is 143 cm³/mol. The largest absolute Gasteiger partial charge is 0.497 e. The first-order valence-electron chi connectivity index (χ1n) is 12.2. The Balaban J connectivity index is 1.69. The Hall–Kier alpha value is -3.36. The van der Waals surface area contributed by atoms with Gasteiger partial charge in [-0.2, -0.15) is 0 Å². The standard InChI is InChI=1S/C28H33N3O4S/c1-5-35-28(33)31-17-15-30(16-18-31)25(21-11-13-23(34-4)14-12-21)24-19(2)20(3)36-27(24)29-26(32)22-9-7-6-8-10-22/h6-14,25H,5,15-18H2,1-4H3,(H,29,32). The molecule has 0 saturated carbocycles. The Morgan fingerprint density at radius 3 is 2.28 bits per heavy atom. The molecule has 3 aromatic rings. The van der Waals surface area contributed by atoms with Gasteiger partial charge in [-0.15, -0.1) is 11.3 Å². The summed E-state index contributed by atoms with van der Waals surface area (Å²) in [5.41, 5.74) is 3.99. The lowest BCUT2D eigenvalue weighted by atomic mass is 9.94. The molecule has 2 aromatic carbocycles. The number of nitrogens with one attached hydrogen (secondary N) is 1. The summed E-state index contributed by atoms with van der Waals surface area (Å²) < 4.78 is 10.6. The molecule has 1 fully saturated rings. The van der Waals surface area contributed by atoms with Crippen molar-refractivity contribution in [1.29, 1.82) is 0 Å². The second kappa shape index (κ2) is 11.6. The van der Waals surface area contributed by atoms with E-state index in [1.807, 2.05) is 49.4 Å². The average Bonchev–Trinajstić information content (AvgIpc) is 3.18.